The van der Waals surface area contributed by atoms with Gasteiger partial charge in [-0.25, -0.2) is 0 Å². The number of rotatable bonds is 4. The Morgan fingerprint density at radius 2 is 1.47 bits per heavy atom. The van der Waals surface area contributed by atoms with E-state index in [1.54, 1.807) is 0 Å². The highest BCUT2D eigenvalue weighted by atomic mass is 16.3. The third kappa shape index (κ3) is 2.70. The number of hydrogen-bond donors (Lipinski definition) is 2. The Hall–Kier alpha value is -1.64. The van der Waals surface area contributed by atoms with Gasteiger partial charge in [-0.3, -0.25) is 0 Å². The molecule has 19 heavy (non-hydrogen) atoms. The van der Waals surface area contributed by atoms with Crippen molar-refractivity contribution in [1.29, 1.82) is 0 Å². The molecule has 1 unspecified atom stereocenters. The average molecular weight is 255 g/mol. The normalized spacial score (nSPS) is 14.4. The molecule has 2 heteroatoms. The fourth-order valence-corrected chi connectivity index (χ4v) is 2.27. The number of hydrogen-bond acceptors (Lipinski definition) is 2. The van der Waals surface area contributed by atoms with Crippen molar-refractivity contribution in [2.24, 2.45) is 11.7 Å². The van der Waals surface area contributed by atoms with Gasteiger partial charge in [0, 0.05) is 6.54 Å². The van der Waals surface area contributed by atoms with Crippen LogP contribution in [-0.4, -0.2) is 11.7 Å². The molecule has 3 N–H and O–H groups in total. The molecule has 0 aliphatic heterocycles. The Bertz CT molecular complexity index is 519. The standard InChI is InChI=1S/C17H21NO/c1-13(2)17(19,12-18)16-10-8-15(9-11-16)14-6-4-3-5-7-14/h3-11,13,19H,12,18H2,1-2H3. The molecule has 0 aliphatic rings. The van der Waals surface area contributed by atoms with E-state index >= 15 is 0 Å². The van der Waals surface area contributed by atoms with Crippen LogP contribution in [0.3, 0.4) is 0 Å². The van der Waals surface area contributed by atoms with Crippen LogP contribution in [0.2, 0.25) is 0 Å². The van der Waals surface area contributed by atoms with Crippen molar-refractivity contribution >= 4 is 0 Å². The second-order valence-corrected chi connectivity index (χ2v) is 5.23. The van der Waals surface area contributed by atoms with E-state index < -0.39 is 5.60 Å². The highest BCUT2D eigenvalue weighted by Crippen LogP contribution is 2.30. The van der Waals surface area contributed by atoms with Gasteiger partial charge in [0.2, 0.25) is 0 Å². The van der Waals surface area contributed by atoms with E-state index in [4.69, 9.17) is 5.73 Å². The second kappa shape index (κ2) is 5.55. The summed E-state index contributed by atoms with van der Waals surface area (Å²) in [7, 11) is 0. The predicted molar refractivity (Wildman–Crippen MR) is 79.7 cm³/mol. The molecule has 2 aromatic carbocycles. The summed E-state index contributed by atoms with van der Waals surface area (Å²) >= 11 is 0. The molecule has 2 rings (SSSR count). The summed E-state index contributed by atoms with van der Waals surface area (Å²) in [5.41, 5.74) is 7.99. The maximum atomic E-state index is 10.6. The van der Waals surface area contributed by atoms with E-state index in [1.807, 2.05) is 56.3 Å². The van der Waals surface area contributed by atoms with Crippen LogP contribution in [-0.2, 0) is 5.60 Å². The van der Waals surface area contributed by atoms with Gasteiger partial charge in [0.25, 0.3) is 0 Å². The SMILES string of the molecule is CC(C)C(O)(CN)c1ccc(-c2ccccc2)cc1. The fourth-order valence-electron chi connectivity index (χ4n) is 2.27. The molecule has 0 saturated heterocycles. The van der Waals surface area contributed by atoms with Gasteiger partial charge < -0.3 is 10.8 Å². The molecule has 0 aromatic heterocycles. The molecule has 0 saturated carbocycles. The van der Waals surface area contributed by atoms with E-state index in [1.165, 1.54) is 5.56 Å². The zero-order valence-electron chi connectivity index (χ0n) is 11.5. The van der Waals surface area contributed by atoms with Crippen LogP contribution in [0, 0.1) is 5.92 Å². The van der Waals surface area contributed by atoms with E-state index in [2.05, 4.69) is 12.1 Å². The molecule has 0 fully saturated rings. The summed E-state index contributed by atoms with van der Waals surface area (Å²) in [6, 6.07) is 18.2. The minimum atomic E-state index is -0.949. The lowest BCUT2D eigenvalue weighted by Gasteiger charge is -2.31. The Kier molecular flexibility index (Phi) is 4.03. The first-order chi connectivity index (χ1) is 9.08. The first kappa shape index (κ1) is 13.8. The minimum Gasteiger partial charge on any atom is -0.384 e. The summed E-state index contributed by atoms with van der Waals surface area (Å²) in [6.07, 6.45) is 0. The molecule has 0 radical (unpaired) electrons. The first-order valence-electron chi connectivity index (χ1n) is 6.66. The predicted octanol–water partition coefficient (Wildman–Crippen LogP) is 3.16. The van der Waals surface area contributed by atoms with E-state index in [9.17, 15) is 5.11 Å². The second-order valence-electron chi connectivity index (χ2n) is 5.23. The lowest BCUT2D eigenvalue weighted by atomic mass is 9.83. The summed E-state index contributed by atoms with van der Waals surface area (Å²) in [5, 5.41) is 10.6. The lowest BCUT2D eigenvalue weighted by molar-refractivity contribution is -0.00112. The molecular weight excluding hydrogens is 234 g/mol. The molecule has 0 spiro atoms. The van der Waals surface area contributed by atoms with Crippen molar-refractivity contribution in [2.45, 2.75) is 19.4 Å². The molecule has 0 aliphatic carbocycles. The lowest BCUT2D eigenvalue weighted by Crippen LogP contribution is -2.39. The van der Waals surface area contributed by atoms with Crippen LogP contribution in [0.5, 0.6) is 0 Å². The molecule has 100 valence electrons. The van der Waals surface area contributed by atoms with Crippen LogP contribution < -0.4 is 5.73 Å². The molecule has 2 nitrogen and oxygen atoms in total. The van der Waals surface area contributed by atoms with Crippen LogP contribution in [0.25, 0.3) is 11.1 Å². The highest BCUT2D eigenvalue weighted by Gasteiger charge is 2.31. The van der Waals surface area contributed by atoms with Crippen molar-refractivity contribution in [2.75, 3.05) is 6.54 Å². The highest BCUT2D eigenvalue weighted by molar-refractivity contribution is 5.63. The van der Waals surface area contributed by atoms with Crippen LogP contribution in [0.4, 0.5) is 0 Å². The summed E-state index contributed by atoms with van der Waals surface area (Å²) < 4.78 is 0. The third-order valence-corrected chi connectivity index (χ3v) is 3.76. The van der Waals surface area contributed by atoms with Crippen molar-refractivity contribution < 1.29 is 5.11 Å². The van der Waals surface area contributed by atoms with Crippen molar-refractivity contribution in [3.05, 3.63) is 60.2 Å². The smallest absolute Gasteiger partial charge is 0.104 e. The van der Waals surface area contributed by atoms with Gasteiger partial charge in [-0.1, -0.05) is 68.4 Å². The van der Waals surface area contributed by atoms with Gasteiger partial charge in [0.15, 0.2) is 0 Å². The van der Waals surface area contributed by atoms with Gasteiger partial charge in [-0.15, -0.1) is 0 Å². The first-order valence-corrected chi connectivity index (χ1v) is 6.66. The Balaban J connectivity index is 2.33. The quantitative estimate of drug-likeness (QED) is 0.881. The van der Waals surface area contributed by atoms with Gasteiger partial charge in [-0.05, 0) is 22.6 Å². The zero-order chi connectivity index (χ0) is 13.9. The molecule has 2 aromatic rings. The Morgan fingerprint density at radius 3 is 1.95 bits per heavy atom. The largest absolute Gasteiger partial charge is 0.384 e. The van der Waals surface area contributed by atoms with E-state index in [0.717, 1.165) is 11.1 Å². The molecule has 1 atom stereocenters. The Morgan fingerprint density at radius 1 is 0.947 bits per heavy atom. The molecule has 0 bridgehead atoms. The summed E-state index contributed by atoms with van der Waals surface area (Å²) in [5.74, 6) is 0.0834. The number of nitrogens with two attached hydrogens (primary N) is 1. The topological polar surface area (TPSA) is 46.2 Å². The zero-order valence-corrected chi connectivity index (χ0v) is 11.5. The van der Waals surface area contributed by atoms with E-state index in [0.29, 0.717) is 0 Å². The van der Waals surface area contributed by atoms with Gasteiger partial charge in [-0.2, -0.15) is 0 Å². The van der Waals surface area contributed by atoms with Crippen LogP contribution >= 0.6 is 0 Å². The van der Waals surface area contributed by atoms with Crippen LogP contribution in [0.1, 0.15) is 19.4 Å². The van der Waals surface area contributed by atoms with Gasteiger partial charge >= 0.3 is 0 Å². The average Bonchev–Trinajstić information content (AvgIpc) is 2.47. The fraction of sp³-hybridized carbons (Fsp3) is 0.294. The van der Waals surface area contributed by atoms with Crippen molar-refractivity contribution in [3.63, 3.8) is 0 Å². The van der Waals surface area contributed by atoms with Crippen molar-refractivity contribution in [3.8, 4) is 11.1 Å². The summed E-state index contributed by atoms with van der Waals surface area (Å²) in [4.78, 5) is 0. The molecule has 0 amide bonds. The molecular formula is C17H21NO. The third-order valence-electron chi connectivity index (χ3n) is 3.76. The van der Waals surface area contributed by atoms with Crippen molar-refractivity contribution in [1.82, 2.24) is 0 Å². The van der Waals surface area contributed by atoms with Gasteiger partial charge in [0.05, 0.1) is 0 Å². The number of aliphatic hydroxyl groups is 1. The van der Waals surface area contributed by atoms with E-state index in [-0.39, 0.29) is 12.5 Å². The summed E-state index contributed by atoms with van der Waals surface area (Å²) in [6.45, 7) is 4.20. The monoisotopic (exact) mass is 255 g/mol. The van der Waals surface area contributed by atoms with Gasteiger partial charge in [0.1, 0.15) is 5.60 Å². The maximum Gasteiger partial charge on any atom is 0.104 e. The minimum absolute atomic E-state index is 0.0834. The number of benzene rings is 2. The molecule has 0 heterocycles. The maximum absolute atomic E-state index is 10.6. The Labute approximate surface area is 114 Å². The van der Waals surface area contributed by atoms with Crippen LogP contribution in [0.15, 0.2) is 54.6 Å².